The minimum atomic E-state index is -0.357. The van der Waals surface area contributed by atoms with E-state index in [1.165, 1.54) is 38.5 Å². The van der Waals surface area contributed by atoms with E-state index in [2.05, 4.69) is 10.6 Å². The van der Waals surface area contributed by atoms with Gasteiger partial charge < -0.3 is 10.6 Å². The topological polar surface area (TPSA) is 64.9 Å². The minimum absolute atomic E-state index is 0.0971. The predicted molar refractivity (Wildman–Crippen MR) is 101 cm³/mol. The number of hydrogen-bond acceptors (Lipinski definition) is 3. The van der Waals surface area contributed by atoms with Crippen molar-refractivity contribution >= 4 is 17.5 Å². The Morgan fingerprint density at radius 2 is 1.81 bits per heavy atom. The number of halogens is 1. The Bertz CT molecular complexity index is 744. The highest BCUT2D eigenvalue weighted by Crippen LogP contribution is 2.55. The molecule has 4 aliphatic carbocycles. The van der Waals surface area contributed by atoms with E-state index < -0.39 is 0 Å². The van der Waals surface area contributed by atoms with Gasteiger partial charge in [-0.15, -0.1) is 0 Å². The lowest BCUT2D eigenvalue weighted by Crippen LogP contribution is -2.57. The van der Waals surface area contributed by atoms with Crippen LogP contribution in [-0.4, -0.2) is 11.4 Å². The third-order valence-corrected chi connectivity index (χ3v) is 6.69. The van der Waals surface area contributed by atoms with E-state index in [1.54, 1.807) is 12.3 Å². The molecule has 4 fully saturated rings. The lowest BCUT2D eigenvalue weighted by atomic mass is 9.53. The summed E-state index contributed by atoms with van der Waals surface area (Å²) in [5.74, 6) is 2.11. The number of carbonyl (C=O) groups excluding carboxylic acids is 1. The van der Waals surface area contributed by atoms with Crippen molar-refractivity contribution in [3.63, 3.8) is 0 Å². The molecule has 4 nitrogen and oxygen atoms in total. The summed E-state index contributed by atoms with van der Waals surface area (Å²) in [6.45, 7) is 0.314. The molecular weight excluding hydrogens is 346 g/mol. The molecule has 4 bridgehead atoms. The fraction of sp³-hybridized carbons (Fsp3) is 0.524. The molecule has 4 saturated carbocycles. The molecular formula is C21H24ClN3O. The van der Waals surface area contributed by atoms with Gasteiger partial charge in [0.1, 0.15) is 11.6 Å². The van der Waals surface area contributed by atoms with Crippen LogP contribution in [0.1, 0.15) is 44.1 Å². The summed E-state index contributed by atoms with van der Waals surface area (Å²) in [6, 6.07) is 9.43. The van der Waals surface area contributed by atoms with Crippen LogP contribution in [0.15, 0.2) is 36.0 Å². The molecule has 5 rings (SSSR count). The van der Waals surface area contributed by atoms with Crippen molar-refractivity contribution in [3.8, 4) is 6.07 Å². The maximum atomic E-state index is 12.4. The molecule has 136 valence electrons. The molecule has 0 unspecified atom stereocenters. The van der Waals surface area contributed by atoms with Crippen LogP contribution >= 0.6 is 11.6 Å². The van der Waals surface area contributed by atoms with Crippen LogP contribution in [0.5, 0.6) is 0 Å². The van der Waals surface area contributed by atoms with E-state index in [-0.39, 0.29) is 17.0 Å². The number of hydrogen-bond donors (Lipinski definition) is 2. The van der Waals surface area contributed by atoms with Gasteiger partial charge >= 0.3 is 0 Å². The highest BCUT2D eigenvalue weighted by molar-refractivity contribution is 6.31. The number of nitrogens with one attached hydrogen (secondary N) is 2. The Kier molecular flexibility index (Phi) is 4.67. The van der Waals surface area contributed by atoms with Crippen LogP contribution in [0.3, 0.4) is 0 Å². The monoisotopic (exact) mass is 369 g/mol. The van der Waals surface area contributed by atoms with Gasteiger partial charge in [-0.3, -0.25) is 4.79 Å². The van der Waals surface area contributed by atoms with Crippen LogP contribution in [-0.2, 0) is 11.3 Å². The van der Waals surface area contributed by atoms with Crippen LogP contribution in [0, 0.1) is 29.1 Å². The molecule has 5 heteroatoms. The van der Waals surface area contributed by atoms with Gasteiger partial charge in [0.05, 0.1) is 0 Å². The van der Waals surface area contributed by atoms with Gasteiger partial charge in [0.2, 0.25) is 0 Å². The average Bonchev–Trinajstić information content (AvgIpc) is 2.60. The summed E-state index contributed by atoms with van der Waals surface area (Å²) >= 11 is 6.12. The second kappa shape index (κ2) is 6.96. The summed E-state index contributed by atoms with van der Waals surface area (Å²) in [5.41, 5.74) is 1.07. The standard InChI is InChI=1S/C21H24ClN3O/c22-19-4-2-1-3-17(19)12-24-20(26)18(11-23)13-25-21-8-14-5-15(9-21)7-16(6-14)10-21/h1-4,13-16,25H,5-10,12H2,(H,24,26)/b18-13-. The van der Waals surface area contributed by atoms with Crippen molar-refractivity contribution in [3.05, 3.63) is 46.6 Å². The van der Waals surface area contributed by atoms with Crippen LogP contribution in [0.4, 0.5) is 0 Å². The molecule has 0 aromatic heterocycles. The van der Waals surface area contributed by atoms with Crippen LogP contribution < -0.4 is 10.6 Å². The molecule has 1 aromatic rings. The zero-order chi connectivity index (χ0) is 18.1. The Morgan fingerprint density at radius 3 is 2.38 bits per heavy atom. The summed E-state index contributed by atoms with van der Waals surface area (Å²) in [5, 5.41) is 16.3. The summed E-state index contributed by atoms with van der Waals surface area (Å²) in [6.07, 6.45) is 9.28. The lowest BCUT2D eigenvalue weighted by Gasteiger charge is -2.56. The molecule has 2 N–H and O–H groups in total. The SMILES string of the molecule is N#C/C(=C/NC12CC3CC(CC(C3)C1)C2)C(=O)NCc1ccccc1Cl. The molecule has 0 saturated heterocycles. The minimum Gasteiger partial charge on any atom is -0.384 e. The van der Waals surface area contributed by atoms with E-state index in [4.69, 9.17) is 11.6 Å². The average molecular weight is 370 g/mol. The molecule has 26 heavy (non-hydrogen) atoms. The molecule has 0 atom stereocenters. The fourth-order valence-electron chi connectivity index (χ4n) is 5.57. The van der Waals surface area contributed by atoms with Crippen molar-refractivity contribution in [2.24, 2.45) is 17.8 Å². The number of nitrogens with zero attached hydrogens (tertiary/aromatic N) is 1. The third kappa shape index (κ3) is 3.46. The predicted octanol–water partition coefficient (Wildman–Crippen LogP) is 3.92. The van der Waals surface area contributed by atoms with E-state index >= 15 is 0 Å². The number of nitriles is 1. The van der Waals surface area contributed by atoms with Crippen molar-refractivity contribution < 1.29 is 4.79 Å². The normalized spacial score (nSPS) is 32.2. The smallest absolute Gasteiger partial charge is 0.263 e. The lowest BCUT2D eigenvalue weighted by molar-refractivity contribution is -0.117. The van der Waals surface area contributed by atoms with E-state index in [1.807, 2.05) is 24.3 Å². The first-order valence-electron chi connectivity index (χ1n) is 9.46. The maximum Gasteiger partial charge on any atom is 0.263 e. The largest absolute Gasteiger partial charge is 0.384 e. The summed E-state index contributed by atoms with van der Waals surface area (Å²) < 4.78 is 0. The molecule has 4 aliphatic rings. The zero-order valence-electron chi connectivity index (χ0n) is 14.8. The number of amides is 1. The number of benzene rings is 1. The Morgan fingerprint density at radius 1 is 1.19 bits per heavy atom. The second-order valence-corrected chi connectivity index (χ2v) is 8.69. The second-order valence-electron chi connectivity index (χ2n) is 8.29. The van der Waals surface area contributed by atoms with Crippen molar-refractivity contribution in [1.29, 1.82) is 5.26 Å². The number of rotatable bonds is 5. The van der Waals surface area contributed by atoms with E-state index in [9.17, 15) is 10.1 Å². The molecule has 0 aliphatic heterocycles. The molecule has 0 radical (unpaired) electrons. The van der Waals surface area contributed by atoms with Gasteiger partial charge in [-0.25, -0.2) is 0 Å². The molecule has 1 amide bonds. The van der Waals surface area contributed by atoms with Crippen molar-refractivity contribution in [2.75, 3.05) is 0 Å². The summed E-state index contributed by atoms with van der Waals surface area (Å²) in [7, 11) is 0. The zero-order valence-corrected chi connectivity index (χ0v) is 15.6. The highest BCUT2D eigenvalue weighted by atomic mass is 35.5. The van der Waals surface area contributed by atoms with Crippen molar-refractivity contribution in [1.82, 2.24) is 10.6 Å². The van der Waals surface area contributed by atoms with E-state index in [0.29, 0.717) is 11.6 Å². The van der Waals surface area contributed by atoms with Gasteiger partial charge in [0.15, 0.2) is 0 Å². The number of carbonyl (C=O) groups is 1. The van der Waals surface area contributed by atoms with Gasteiger partial charge in [0, 0.05) is 23.3 Å². The molecule has 0 spiro atoms. The Labute approximate surface area is 159 Å². The maximum absolute atomic E-state index is 12.4. The molecule has 1 aromatic carbocycles. The van der Waals surface area contributed by atoms with E-state index in [0.717, 1.165) is 23.3 Å². The van der Waals surface area contributed by atoms with Crippen LogP contribution in [0.25, 0.3) is 0 Å². The van der Waals surface area contributed by atoms with Gasteiger partial charge in [0.25, 0.3) is 5.91 Å². The Balaban J connectivity index is 1.40. The van der Waals surface area contributed by atoms with Crippen LogP contribution in [0.2, 0.25) is 5.02 Å². The first-order valence-corrected chi connectivity index (χ1v) is 9.84. The van der Waals surface area contributed by atoms with Crippen molar-refractivity contribution in [2.45, 2.75) is 50.6 Å². The van der Waals surface area contributed by atoms with Gasteiger partial charge in [-0.1, -0.05) is 29.8 Å². The fourth-order valence-corrected chi connectivity index (χ4v) is 5.78. The van der Waals surface area contributed by atoms with Gasteiger partial charge in [-0.2, -0.15) is 5.26 Å². The first-order chi connectivity index (χ1) is 12.6. The molecule has 0 heterocycles. The first kappa shape index (κ1) is 17.4. The Hall–Kier alpha value is -1.99. The van der Waals surface area contributed by atoms with Gasteiger partial charge in [-0.05, 0) is 67.9 Å². The summed E-state index contributed by atoms with van der Waals surface area (Å²) in [4.78, 5) is 12.4. The quantitative estimate of drug-likeness (QED) is 0.610. The highest BCUT2D eigenvalue weighted by Gasteiger charge is 2.50. The third-order valence-electron chi connectivity index (χ3n) is 6.32.